The van der Waals surface area contributed by atoms with E-state index in [9.17, 15) is 57.9 Å². The fourth-order valence-electron chi connectivity index (χ4n) is 1.70. The Morgan fingerprint density at radius 3 is 1.63 bits per heavy atom. The lowest BCUT2D eigenvalue weighted by Crippen LogP contribution is -2.59. The van der Waals surface area contributed by atoms with Crippen LogP contribution < -0.4 is 11.2 Å². The first-order valence-electron chi connectivity index (χ1n) is 6.26. The molecule has 0 amide bonds. The van der Waals surface area contributed by atoms with Gasteiger partial charge in [0.25, 0.3) is 5.56 Å². The lowest BCUT2D eigenvalue weighted by atomic mass is 10.1. The number of nitrogens with zero attached hydrogens (tertiary/aromatic N) is 2. The van der Waals surface area contributed by atoms with Crippen molar-refractivity contribution in [2.24, 2.45) is 14.1 Å². The molecule has 0 aliphatic rings. The minimum absolute atomic E-state index is 0.0558. The zero-order valence-electron chi connectivity index (χ0n) is 12.9. The summed E-state index contributed by atoms with van der Waals surface area (Å²) < 4.78 is 143. The van der Waals surface area contributed by atoms with E-state index in [0.29, 0.717) is 14.1 Å². The molecule has 1 atom stereocenters. The van der Waals surface area contributed by atoms with E-state index in [1.54, 1.807) is 0 Å². The first-order valence-corrected chi connectivity index (χ1v) is 6.26. The van der Waals surface area contributed by atoms with Gasteiger partial charge in [-0.25, -0.2) is 4.79 Å². The zero-order valence-corrected chi connectivity index (χ0v) is 12.9. The maximum atomic E-state index is 14.3. The SMILES string of the molecule is Cn1cc(C(F)(OC(F)(F)C(F)(F)C(F)(F)F)C(F)(F)F)c(=O)n(C)c1=O. The monoisotopic (exact) mass is 424 g/mol. The highest BCUT2D eigenvalue weighted by molar-refractivity contribution is 5.16. The van der Waals surface area contributed by atoms with Gasteiger partial charge in [-0.05, 0) is 0 Å². The van der Waals surface area contributed by atoms with Gasteiger partial charge in [0, 0.05) is 20.3 Å². The van der Waals surface area contributed by atoms with Crippen molar-refractivity contribution >= 4 is 0 Å². The molecule has 1 aromatic heterocycles. The van der Waals surface area contributed by atoms with E-state index in [1.807, 2.05) is 0 Å². The minimum Gasteiger partial charge on any atom is -0.303 e. The Labute approximate surface area is 140 Å². The molecule has 0 aliphatic heterocycles. The summed E-state index contributed by atoms with van der Waals surface area (Å²) in [6.07, 6.45) is -21.3. The van der Waals surface area contributed by atoms with E-state index in [2.05, 4.69) is 4.74 Å². The van der Waals surface area contributed by atoms with Crippen molar-refractivity contribution in [3.63, 3.8) is 0 Å². The summed E-state index contributed by atoms with van der Waals surface area (Å²) in [6, 6.07) is 0. The van der Waals surface area contributed by atoms with Crippen molar-refractivity contribution in [3.05, 3.63) is 32.6 Å². The van der Waals surface area contributed by atoms with E-state index < -0.39 is 47.1 Å². The molecule has 156 valence electrons. The van der Waals surface area contributed by atoms with E-state index >= 15 is 0 Å². The second-order valence-electron chi connectivity index (χ2n) is 5.08. The van der Waals surface area contributed by atoms with Crippen molar-refractivity contribution < 1.29 is 53.0 Å². The Hall–Kier alpha value is -2.13. The Morgan fingerprint density at radius 1 is 0.815 bits per heavy atom. The number of hydrogen-bond donors (Lipinski definition) is 0. The molecule has 1 aromatic rings. The molecule has 0 aliphatic carbocycles. The third kappa shape index (κ3) is 3.53. The average molecular weight is 424 g/mol. The lowest BCUT2D eigenvalue weighted by molar-refractivity contribution is -0.488. The Balaban J connectivity index is 3.77. The van der Waals surface area contributed by atoms with Crippen LogP contribution in [0.25, 0.3) is 0 Å². The maximum Gasteiger partial charge on any atom is 0.462 e. The van der Waals surface area contributed by atoms with Gasteiger partial charge in [-0.2, -0.15) is 48.3 Å². The van der Waals surface area contributed by atoms with Gasteiger partial charge in [-0.1, -0.05) is 0 Å². The molecule has 0 N–H and O–H groups in total. The van der Waals surface area contributed by atoms with Crippen LogP contribution in [0.4, 0.5) is 48.3 Å². The van der Waals surface area contributed by atoms with Crippen molar-refractivity contribution in [1.29, 1.82) is 0 Å². The number of aryl methyl sites for hydroxylation is 1. The summed E-state index contributed by atoms with van der Waals surface area (Å²) in [4.78, 5) is 23.0. The van der Waals surface area contributed by atoms with Crippen LogP contribution in [0.2, 0.25) is 0 Å². The van der Waals surface area contributed by atoms with Gasteiger partial charge < -0.3 is 4.57 Å². The third-order valence-corrected chi connectivity index (χ3v) is 3.15. The number of ether oxygens (including phenoxy) is 1. The second-order valence-corrected chi connectivity index (χ2v) is 5.08. The normalized spacial score (nSPS) is 16.3. The first-order chi connectivity index (χ1) is 11.7. The van der Waals surface area contributed by atoms with Gasteiger partial charge in [-0.3, -0.25) is 14.1 Å². The molecule has 0 saturated carbocycles. The third-order valence-electron chi connectivity index (χ3n) is 3.15. The van der Waals surface area contributed by atoms with E-state index in [4.69, 9.17) is 0 Å². The summed E-state index contributed by atoms with van der Waals surface area (Å²) in [6.45, 7) is 0. The van der Waals surface area contributed by atoms with Crippen LogP contribution in [0.15, 0.2) is 15.8 Å². The summed E-state index contributed by atoms with van der Waals surface area (Å²) in [5, 5.41) is 0. The topological polar surface area (TPSA) is 53.2 Å². The van der Waals surface area contributed by atoms with Gasteiger partial charge in [0.05, 0.1) is 0 Å². The van der Waals surface area contributed by atoms with Crippen LogP contribution in [0.3, 0.4) is 0 Å². The van der Waals surface area contributed by atoms with Crippen LogP contribution in [0.5, 0.6) is 0 Å². The molecule has 1 unspecified atom stereocenters. The highest BCUT2D eigenvalue weighted by Crippen LogP contribution is 2.53. The fourth-order valence-corrected chi connectivity index (χ4v) is 1.70. The van der Waals surface area contributed by atoms with Gasteiger partial charge in [-0.15, -0.1) is 0 Å². The molecule has 27 heavy (non-hydrogen) atoms. The standard InChI is InChI=1S/C11H7F11N2O3/c1-23-3-4(5(25)24(2)6(23)26)7(12,9(15,16)17)27-11(21,22)8(13,14)10(18,19)20/h3H,1-2H3. The highest BCUT2D eigenvalue weighted by atomic mass is 19.4. The smallest absolute Gasteiger partial charge is 0.303 e. The predicted octanol–water partition coefficient (Wildman–Crippen LogP) is 2.58. The van der Waals surface area contributed by atoms with Gasteiger partial charge in [0.15, 0.2) is 0 Å². The van der Waals surface area contributed by atoms with Crippen LogP contribution in [0, 0.1) is 0 Å². The molecule has 1 heterocycles. The summed E-state index contributed by atoms with van der Waals surface area (Å²) >= 11 is 0. The summed E-state index contributed by atoms with van der Waals surface area (Å²) in [7, 11) is 1.08. The van der Waals surface area contributed by atoms with Gasteiger partial charge in [0.1, 0.15) is 5.56 Å². The zero-order chi connectivity index (χ0) is 21.8. The lowest BCUT2D eigenvalue weighted by Gasteiger charge is -2.34. The largest absolute Gasteiger partial charge is 0.462 e. The molecule has 0 saturated heterocycles. The number of halogens is 11. The fraction of sp³-hybridized carbons (Fsp3) is 0.636. The van der Waals surface area contributed by atoms with Crippen molar-refractivity contribution in [2.75, 3.05) is 0 Å². The van der Waals surface area contributed by atoms with Gasteiger partial charge >= 0.3 is 35.9 Å². The number of alkyl halides is 11. The highest BCUT2D eigenvalue weighted by Gasteiger charge is 2.78. The molecule has 0 spiro atoms. The Kier molecular flexibility index (Phi) is 5.26. The molecule has 0 aromatic carbocycles. The van der Waals surface area contributed by atoms with Crippen molar-refractivity contribution in [2.45, 2.75) is 30.2 Å². The minimum atomic E-state index is -7.26. The van der Waals surface area contributed by atoms with E-state index in [1.165, 1.54) is 0 Å². The molecule has 16 heteroatoms. The Bertz CT molecular complexity index is 836. The second kappa shape index (κ2) is 6.20. The predicted molar refractivity (Wildman–Crippen MR) is 62.8 cm³/mol. The molecule has 5 nitrogen and oxygen atoms in total. The first kappa shape index (κ1) is 22.9. The summed E-state index contributed by atoms with van der Waals surface area (Å²) in [5.74, 6) is -13.4. The molecule has 0 radical (unpaired) electrons. The van der Waals surface area contributed by atoms with Crippen LogP contribution in [-0.2, 0) is 24.7 Å². The molecule has 1 rings (SSSR count). The maximum absolute atomic E-state index is 14.3. The van der Waals surface area contributed by atoms with Crippen molar-refractivity contribution in [3.8, 4) is 0 Å². The quantitative estimate of drug-likeness (QED) is 0.699. The number of hydrogen-bond acceptors (Lipinski definition) is 3. The average Bonchev–Trinajstić information content (AvgIpc) is 2.45. The van der Waals surface area contributed by atoms with Crippen LogP contribution in [0.1, 0.15) is 5.56 Å². The van der Waals surface area contributed by atoms with E-state index in [0.717, 1.165) is 0 Å². The summed E-state index contributed by atoms with van der Waals surface area (Å²) in [5.41, 5.74) is -6.12. The van der Waals surface area contributed by atoms with E-state index in [-0.39, 0.29) is 15.3 Å². The molecule has 0 fully saturated rings. The van der Waals surface area contributed by atoms with Gasteiger partial charge in [0.2, 0.25) is 0 Å². The molecular weight excluding hydrogens is 417 g/mol. The van der Waals surface area contributed by atoms with Crippen LogP contribution in [-0.4, -0.2) is 33.5 Å². The molecule has 0 bridgehead atoms. The van der Waals surface area contributed by atoms with Crippen LogP contribution >= 0.6 is 0 Å². The number of rotatable bonds is 4. The molecular formula is C11H7F11N2O3. The Morgan fingerprint density at radius 2 is 1.26 bits per heavy atom. The van der Waals surface area contributed by atoms with Crippen molar-refractivity contribution in [1.82, 2.24) is 9.13 Å². The number of aromatic nitrogens is 2.